The van der Waals surface area contributed by atoms with E-state index in [4.69, 9.17) is 4.74 Å². The van der Waals surface area contributed by atoms with E-state index in [0.29, 0.717) is 13.2 Å². The van der Waals surface area contributed by atoms with E-state index in [2.05, 4.69) is 17.6 Å². The van der Waals surface area contributed by atoms with Crippen LogP contribution in [-0.4, -0.2) is 25.7 Å². The lowest BCUT2D eigenvalue weighted by Gasteiger charge is -2.08. The van der Waals surface area contributed by atoms with E-state index in [1.807, 2.05) is 31.2 Å². The molecule has 1 rings (SSSR count). The van der Waals surface area contributed by atoms with E-state index >= 15 is 0 Å². The van der Waals surface area contributed by atoms with Crippen LogP contribution in [0.3, 0.4) is 0 Å². The molecule has 100 valence electrons. The van der Waals surface area contributed by atoms with Crippen LogP contribution >= 0.6 is 0 Å². The first-order chi connectivity index (χ1) is 8.72. The molecule has 1 aromatic rings. The summed E-state index contributed by atoms with van der Waals surface area (Å²) in [6.07, 6.45) is 2.09. The zero-order valence-corrected chi connectivity index (χ0v) is 11.2. The quantitative estimate of drug-likeness (QED) is 0.730. The Bertz CT molecular complexity index is 349. The molecule has 4 heteroatoms. The second-order valence-corrected chi connectivity index (χ2v) is 4.20. The average molecular weight is 250 g/mol. The van der Waals surface area contributed by atoms with Crippen molar-refractivity contribution in [3.63, 3.8) is 0 Å². The van der Waals surface area contributed by atoms with Crippen molar-refractivity contribution in [2.24, 2.45) is 0 Å². The molecule has 2 amide bonds. The second-order valence-electron chi connectivity index (χ2n) is 4.20. The maximum atomic E-state index is 11.3. The van der Waals surface area contributed by atoms with Crippen molar-refractivity contribution in [3.05, 3.63) is 29.8 Å². The van der Waals surface area contributed by atoms with Crippen LogP contribution in [0.4, 0.5) is 4.79 Å². The number of unbranched alkanes of at least 4 members (excludes halogenated alkanes) is 1. The van der Waals surface area contributed by atoms with Crippen LogP contribution in [0.1, 0.15) is 25.3 Å². The van der Waals surface area contributed by atoms with Crippen LogP contribution in [0.15, 0.2) is 24.3 Å². The van der Waals surface area contributed by atoms with Crippen LogP contribution in [0, 0.1) is 6.92 Å². The van der Waals surface area contributed by atoms with Gasteiger partial charge in [-0.15, -0.1) is 0 Å². The molecule has 0 atom stereocenters. The number of benzene rings is 1. The molecule has 0 aliphatic rings. The number of carbonyl (C=O) groups is 1. The van der Waals surface area contributed by atoms with Gasteiger partial charge in [-0.05, 0) is 25.5 Å². The van der Waals surface area contributed by atoms with Gasteiger partial charge in [0.2, 0.25) is 0 Å². The number of hydrogen-bond donors (Lipinski definition) is 2. The molecule has 0 spiro atoms. The van der Waals surface area contributed by atoms with E-state index in [-0.39, 0.29) is 6.03 Å². The molecule has 0 unspecified atom stereocenters. The number of aryl methyl sites for hydroxylation is 1. The second kappa shape index (κ2) is 8.39. The average Bonchev–Trinajstić information content (AvgIpc) is 2.37. The molecule has 0 fully saturated rings. The molecule has 0 aromatic heterocycles. The Balaban J connectivity index is 2.07. The summed E-state index contributed by atoms with van der Waals surface area (Å²) in [4.78, 5) is 11.3. The van der Waals surface area contributed by atoms with Crippen molar-refractivity contribution < 1.29 is 9.53 Å². The fourth-order valence-corrected chi connectivity index (χ4v) is 1.41. The van der Waals surface area contributed by atoms with Gasteiger partial charge in [-0.2, -0.15) is 0 Å². The Morgan fingerprint density at radius 1 is 1.17 bits per heavy atom. The highest BCUT2D eigenvalue weighted by molar-refractivity contribution is 5.73. The molecule has 0 saturated carbocycles. The summed E-state index contributed by atoms with van der Waals surface area (Å²) >= 11 is 0. The van der Waals surface area contributed by atoms with Crippen molar-refractivity contribution in [1.29, 1.82) is 0 Å². The van der Waals surface area contributed by atoms with E-state index in [9.17, 15) is 4.79 Å². The molecular weight excluding hydrogens is 228 g/mol. The smallest absolute Gasteiger partial charge is 0.314 e. The van der Waals surface area contributed by atoms with Crippen LogP contribution in [0.25, 0.3) is 0 Å². The van der Waals surface area contributed by atoms with Gasteiger partial charge in [-0.25, -0.2) is 4.79 Å². The van der Waals surface area contributed by atoms with Crippen LogP contribution in [0.5, 0.6) is 5.75 Å². The molecule has 0 aliphatic heterocycles. The molecule has 4 nitrogen and oxygen atoms in total. The predicted molar refractivity (Wildman–Crippen MR) is 73.0 cm³/mol. The first kappa shape index (κ1) is 14.4. The highest BCUT2D eigenvalue weighted by Crippen LogP contribution is 2.10. The Kier molecular flexibility index (Phi) is 6.69. The normalized spacial score (nSPS) is 9.89. The summed E-state index contributed by atoms with van der Waals surface area (Å²) in [5.41, 5.74) is 1.20. The zero-order valence-electron chi connectivity index (χ0n) is 11.2. The number of ether oxygens (including phenoxy) is 1. The van der Waals surface area contributed by atoms with Gasteiger partial charge in [0, 0.05) is 6.54 Å². The molecule has 0 radical (unpaired) electrons. The maximum absolute atomic E-state index is 11.3. The Morgan fingerprint density at radius 3 is 2.50 bits per heavy atom. The van der Waals surface area contributed by atoms with Crippen molar-refractivity contribution in [2.45, 2.75) is 26.7 Å². The van der Waals surface area contributed by atoms with Gasteiger partial charge in [0.1, 0.15) is 12.4 Å². The van der Waals surface area contributed by atoms with Gasteiger partial charge in [0.25, 0.3) is 0 Å². The van der Waals surface area contributed by atoms with Crippen molar-refractivity contribution in [3.8, 4) is 5.75 Å². The number of amides is 2. The van der Waals surface area contributed by atoms with Gasteiger partial charge in [0.15, 0.2) is 0 Å². The molecule has 1 aromatic carbocycles. The summed E-state index contributed by atoms with van der Waals surface area (Å²) in [6.45, 7) is 5.83. The Labute approximate surface area is 109 Å². The predicted octanol–water partition coefficient (Wildman–Crippen LogP) is 2.47. The third kappa shape index (κ3) is 6.13. The SMILES string of the molecule is CCCCNC(=O)NCCOc1ccc(C)cc1. The molecule has 2 N–H and O–H groups in total. The number of carbonyl (C=O) groups excluding carboxylic acids is 1. The van der Waals surface area contributed by atoms with E-state index in [1.54, 1.807) is 0 Å². The van der Waals surface area contributed by atoms with Crippen molar-refractivity contribution in [1.82, 2.24) is 10.6 Å². The first-order valence-electron chi connectivity index (χ1n) is 6.43. The monoisotopic (exact) mass is 250 g/mol. The van der Waals surface area contributed by atoms with Crippen LogP contribution < -0.4 is 15.4 Å². The maximum Gasteiger partial charge on any atom is 0.314 e. The van der Waals surface area contributed by atoms with Gasteiger partial charge in [-0.1, -0.05) is 31.0 Å². The summed E-state index contributed by atoms with van der Waals surface area (Å²) in [5.74, 6) is 0.828. The summed E-state index contributed by atoms with van der Waals surface area (Å²) in [7, 11) is 0. The highest BCUT2D eigenvalue weighted by Gasteiger charge is 1.98. The van der Waals surface area contributed by atoms with Gasteiger partial charge in [-0.3, -0.25) is 0 Å². The van der Waals surface area contributed by atoms with Crippen molar-refractivity contribution in [2.75, 3.05) is 19.7 Å². The standard InChI is InChI=1S/C14H22N2O2/c1-3-4-9-15-14(17)16-10-11-18-13-7-5-12(2)6-8-13/h5-8H,3-4,9-11H2,1-2H3,(H2,15,16,17). The Morgan fingerprint density at radius 2 is 1.83 bits per heavy atom. The van der Waals surface area contributed by atoms with Gasteiger partial charge < -0.3 is 15.4 Å². The number of rotatable bonds is 7. The molecular formula is C14H22N2O2. The summed E-state index contributed by atoms with van der Waals surface area (Å²) in [6, 6.07) is 7.73. The summed E-state index contributed by atoms with van der Waals surface area (Å²) < 4.78 is 5.49. The molecule has 0 aliphatic carbocycles. The molecule has 18 heavy (non-hydrogen) atoms. The van der Waals surface area contributed by atoms with Gasteiger partial charge in [0.05, 0.1) is 6.54 Å². The lowest BCUT2D eigenvalue weighted by Crippen LogP contribution is -2.38. The summed E-state index contributed by atoms with van der Waals surface area (Å²) in [5, 5.41) is 5.53. The largest absolute Gasteiger partial charge is 0.492 e. The Hall–Kier alpha value is -1.71. The lowest BCUT2D eigenvalue weighted by molar-refractivity contribution is 0.236. The van der Waals surface area contributed by atoms with Gasteiger partial charge >= 0.3 is 6.03 Å². The van der Waals surface area contributed by atoms with Crippen LogP contribution in [-0.2, 0) is 0 Å². The van der Waals surface area contributed by atoms with Crippen molar-refractivity contribution >= 4 is 6.03 Å². The molecule has 0 heterocycles. The molecule has 0 bridgehead atoms. The van der Waals surface area contributed by atoms with E-state index in [1.165, 1.54) is 5.56 Å². The third-order valence-electron chi connectivity index (χ3n) is 2.49. The minimum atomic E-state index is -0.129. The zero-order chi connectivity index (χ0) is 13.2. The topological polar surface area (TPSA) is 50.4 Å². The van der Waals surface area contributed by atoms with E-state index < -0.39 is 0 Å². The molecule has 0 saturated heterocycles. The first-order valence-corrected chi connectivity index (χ1v) is 6.43. The number of nitrogens with one attached hydrogen (secondary N) is 2. The number of hydrogen-bond acceptors (Lipinski definition) is 2. The fourth-order valence-electron chi connectivity index (χ4n) is 1.41. The fraction of sp³-hybridized carbons (Fsp3) is 0.500. The number of urea groups is 1. The lowest BCUT2D eigenvalue weighted by atomic mass is 10.2. The third-order valence-corrected chi connectivity index (χ3v) is 2.49. The van der Waals surface area contributed by atoms with Crippen LogP contribution in [0.2, 0.25) is 0 Å². The van der Waals surface area contributed by atoms with E-state index in [0.717, 1.165) is 25.1 Å². The minimum absolute atomic E-state index is 0.129. The minimum Gasteiger partial charge on any atom is -0.492 e. The highest BCUT2D eigenvalue weighted by atomic mass is 16.5.